The Hall–Kier alpha value is -3.67. The van der Waals surface area contributed by atoms with Crippen molar-refractivity contribution < 1.29 is 23.8 Å². The van der Waals surface area contributed by atoms with Crippen LogP contribution in [0.1, 0.15) is 34.7 Å². The van der Waals surface area contributed by atoms with Crippen molar-refractivity contribution in [2.24, 2.45) is 0 Å². The van der Waals surface area contributed by atoms with Crippen LogP contribution in [0, 0.1) is 12.7 Å². The third kappa shape index (κ3) is 6.07. The number of rotatable bonds is 9. The average Bonchev–Trinajstić information content (AvgIpc) is 3.14. The quantitative estimate of drug-likeness (QED) is 0.484. The fourth-order valence-corrected chi connectivity index (χ4v) is 4.72. The molecule has 182 valence electrons. The van der Waals surface area contributed by atoms with Crippen molar-refractivity contribution in [1.29, 1.82) is 0 Å². The van der Waals surface area contributed by atoms with E-state index in [-0.39, 0.29) is 24.7 Å². The standard InChI is InChI=1S/C29H30FNO4/c1-20-7-3-4-8-22(20)13-14-31(19-28(33)34)27(32)16-21-11-12-26-24(15-21)18-29(2,35-26)17-23-9-5-6-10-25(23)30/h3-12,15H,13-14,16-19H2,1-2H3,(H,33,34)/t29-/m1/s1. The summed E-state index contributed by atoms with van der Waals surface area (Å²) in [6.45, 7) is 3.97. The summed E-state index contributed by atoms with van der Waals surface area (Å²) in [4.78, 5) is 25.9. The number of hydrogen-bond donors (Lipinski definition) is 1. The SMILES string of the molecule is Cc1ccccc1CCN(CC(=O)O)C(=O)Cc1ccc2c(c1)C[C@@](C)(Cc1ccccc1F)O2. The summed E-state index contributed by atoms with van der Waals surface area (Å²) in [6, 6.07) is 20.2. The second-order valence-electron chi connectivity index (χ2n) is 9.50. The van der Waals surface area contributed by atoms with E-state index in [1.54, 1.807) is 12.1 Å². The molecular weight excluding hydrogens is 445 g/mol. The van der Waals surface area contributed by atoms with Gasteiger partial charge in [-0.3, -0.25) is 9.59 Å². The molecule has 0 aliphatic carbocycles. The maximum Gasteiger partial charge on any atom is 0.323 e. The minimum absolute atomic E-state index is 0.109. The fourth-order valence-electron chi connectivity index (χ4n) is 4.72. The predicted molar refractivity (Wildman–Crippen MR) is 132 cm³/mol. The Bertz CT molecular complexity index is 1240. The number of fused-ring (bicyclic) bond motifs is 1. The summed E-state index contributed by atoms with van der Waals surface area (Å²) < 4.78 is 20.3. The first-order chi connectivity index (χ1) is 16.7. The Morgan fingerprint density at radius 1 is 1.06 bits per heavy atom. The zero-order chi connectivity index (χ0) is 25.0. The highest BCUT2D eigenvalue weighted by atomic mass is 19.1. The molecule has 0 spiro atoms. The van der Waals surface area contributed by atoms with Crippen molar-refractivity contribution in [3.8, 4) is 5.75 Å². The zero-order valence-corrected chi connectivity index (χ0v) is 20.1. The van der Waals surface area contributed by atoms with Gasteiger partial charge in [0.15, 0.2) is 0 Å². The highest BCUT2D eigenvalue weighted by molar-refractivity contribution is 5.83. The van der Waals surface area contributed by atoms with E-state index in [2.05, 4.69) is 0 Å². The number of ether oxygens (including phenoxy) is 1. The number of hydrogen-bond acceptors (Lipinski definition) is 3. The summed E-state index contributed by atoms with van der Waals surface area (Å²) >= 11 is 0. The second-order valence-corrected chi connectivity index (χ2v) is 9.50. The lowest BCUT2D eigenvalue weighted by molar-refractivity contribution is -0.144. The number of nitrogens with zero attached hydrogens (tertiary/aromatic N) is 1. The normalized spacial score (nSPS) is 16.4. The van der Waals surface area contributed by atoms with E-state index < -0.39 is 11.6 Å². The van der Waals surface area contributed by atoms with Crippen molar-refractivity contribution in [3.05, 3.63) is 100 Å². The van der Waals surface area contributed by atoms with Crippen molar-refractivity contribution in [1.82, 2.24) is 4.90 Å². The maximum atomic E-state index is 14.2. The molecular formula is C29H30FNO4. The van der Waals surface area contributed by atoms with Gasteiger partial charge in [-0.2, -0.15) is 0 Å². The molecule has 5 nitrogen and oxygen atoms in total. The maximum absolute atomic E-state index is 14.2. The second kappa shape index (κ2) is 10.3. The van der Waals surface area contributed by atoms with Gasteiger partial charge in [-0.15, -0.1) is 0 Å². The monoisotopic (exact) mass is 475 g/mol. The third-order valence-electron chi connectivity index (χ3n) is 6.51. The van der Waals surface area contributed by atoms with Gasteiger partial charge in [0.05, 0.1) is 6.42 Å². The number of carboxylic acid groups (broad SMARTS) is 1. The number of carbonyl (C=O) groups is 2. The van der Waals surface area contributed by atoms with Crippen LogP contribution < -0.4 is 4.74 Å². The number of carboxylic acids is 1. The molecule has 0 aromatic heterocycles. The van der Waals surface area contributed by atoms with Crippen LogP contribution in [0.5, 0.6) is 5.75 Å². The van der Waals surface area contributed by atoms with Crippen molar-refractivity contribution in [2.45, 2.75) is 45.1 Å². The predicted octanol–water partition coefficient (Wildman–Crippen LogP) is 4.77. The van der Waals surface area contributed by atoms with E-state index in [9.17, 15) is 19.1 Å². The van der Waals surface area contributed by atoms with Crippen molar-refractivity contribution in [2.75, 3.05) is 13.1 Å². The van der Waals surface area contributed by atoms with Crippen LogP contribution >= 0.6 is 0 Å². The molecule has 0 saturated carbocycles. The van der Waals surface area contributed by atoms with E-state index in [4.69, 9.17) is 4.74 Å². The van der Waals surface area contributed by atoms with E-state index in [1.807, 2.05) is 62.4 Å². The first-order valence-electron chi connectivity index (χ1n) is 11.8. The zero-order valence-electron chi connectivity index (χ0n) is 20.1. The van der Waals surface area contributed by atoms with Gasteiger partial charge < -0.3 is 14.7 Å². The molecule has 35 heavy (non-hydrogen) atoms. The minimum atomic E-state index is -1.03. The van der Waals surface area contributed by atoms with Crippen LogP contribution in [-0.4, -0.2) is 40.6 Å². The number of aliphatic carboxylic acids is 1. The Morgan fingerprint density at radius 3 is 2.49 bits per heavy atom. The molecule has 1 amide bonds. The number of halogens is 1. The highest BCUT2D eigenvalue weighted by Crippen LogP contribution is 2.38. The molecule has 1 atom stereocenters. The number of carbonyl (C=O) groups excluding carboxylic acids is 1. The fraction of sp³-hybridized carbons (Fsp3) is 0.310. The summed E-state index contributed by atoms with van der Waals surface area (Å²) in [5.74, 6) is -0.769. The smallest absolute Gasteiger partial charge is 0.323 e. The lowest BCUT2D eigenvalue weighted by Crippen LogP contribution is -2.38. The molecule has 3 aromatic rings. The number of amides is 1. The van der Waals surface area contributed by atoms with E-state index in [0.717, 1.165) is 28.0 Å². The van der Waals surface area contributed by atoms with Crippen molar-refractivity contribution in [3.63, 3.8) is 0 Å². The van der Waals surface area contributed by atoms with Gasteiger partial charge in [0.25, 0.3) is 0 Å². The summed E-state index contributed by atoms with van der Waals surface area (Å²) in [5, 5.41) is 9.34. The van der Waals surface area contributed by atoms with Gasteiger partial charge in [0, 0.05) is 19.4 Å². The summed E-state index contributed by atoms with van der Waals surface area (Å²) in [5.41, 5.74) is 4.02. The molecule has 0 unspecified atom stereocenters. The molecule has 1 heterocycles. The topological polar surface area (TPSA) is 66.8 Å². The highest BCUT2D eigenvalue weighted by Gasteiger charge is 2.35. The number of aryl methyl sites for hydroxylation is 1. The molecule has 1 aliphatic heterocycles. The first-order valence-corrected chi connectivity index (χ1v) is 11.8. The molecule has 0 fully saturated rings. The van der Waals surface area contributed by atoms with Crippen molar-refractivity contribution >= 4 is 11.9 Å². The van der Waals surface area contributed by atoms with Crippen LogP contribution in [0.15, 0.2) is 66.7 Å². The number of benzene rings is 3. The van der Waals surface area contributed by atoms with Crippen LogP contribution in [-0.2, 0) is 35.3 Å². The van der Waals surface area contributed by atoms with Gasteiger partial charge in [-0.1, -0.05) is 54.6 Å². The summed E-state index contributed by atoms with van der Waals surface area (Å²) in [7, 11) is 0. The Morgan fingerprint density at radius 2 is 1.77 bits per heavy atom. The molecule has 0 saturated heterocycles. The Balaban J connectivity index is 1.43. The Kier molecular flexibility index (Phi) is 7.20. The average molecular weight is 476 g/mol. The van der Waals surface area contributed by atoms with Crippen LogP contribution in [0.2, 0.25) is 0 Å². The van der Waals surface area contributed by atoms with Gasteiger partial charge in [-0.05, 0) is 60.2 Å². The van der Waals surface area contributed by atoms with Crippen LogP contribution in [0.25, 0.3) is 0 Å². The van der Waals surface area contributed by atoms with E-state index in [0.29, 0.717) is 31.4 Å². The minimum Gasteiger partial charge on any atom is -0.487 e. The lowest BCUT2D eigenvalue weighted by atomic mass is 9.91. The van der Waals surface area contributed by atoms with Crippen LogP contribution in [0.4, 0.5) is 4.39 Å². The molecule has 3 aromatic carbocycles. The molecule has 1 aliphatic rings. The van der Waals surface area contributed by atoms with Crippen LogP contribution in [0.3, 0.4) is 0 Å². The van der Waals surface area contributed by atoms with Gasteiger partial charge in [-0.25, -0.2) is 4.39 Å². The lowest BCUT2D eigenvalue weighted by Gasteiger charge is -2.24. The molecule has 0 radical (unpaired) electrons. The van der Waals surface area contributed by atoms with Gasteiger partial charge >= 0.3 is 5.97 Å². The van der Waals surface area contributed by atoms with E-state index >= 15 is 0 Å². The molecule has 4 rings (SSSR count). The third-order valence-corrected chi connectivity index (χ3v) is 6.51. The summed E-state index contributed by atoms with van der Waals surface area (Å²) in [6.07, 6.45) is 1.75. The van der Waals surface area contributed by atoms with Gasteiger partial charge in [0.2, 0.25) is 5.91 Å². The molecule has 0 bridgehead atoms. The van der Waals surface area contributed by atoms with Gasteiger partial charge in [0.1, 0.15) is 23.7 Å². The molecule has 6 heteroatoms. The molecule has 1 N–H and O–H groups in total. The van der Waals surface area contributed by atoms with E-state index in [1.165, 1.54) is 11.0 Å². The first kappa shape index (κ1) is 24.5. The Labute approximate surface area is 205 Å². The largest absolute Gasteiger partial charge is 0.487 e.